The van der Waals surface area contributed by atoms with Gasteiger partial charge < -0.3 is 20.2 Å². The Kier molecular flexibility index (Phi) is 6.28. The normalized spacial score (nSPS) is 19.4. The Labute approximate surface area is 228 Å². The highest BCUT2D eigenvalue weighted by Gasteiger charge is 2.32. The number of hydrogen-bond acceptors (Lipinski definition) is 7. The molecular formula is C30H35N7O2. The second-order valence-electron chi connectivity index (χ2n) is 11.0. The number of hydrogen-bond donors (Lipinski definition) is 2. The average Bonchev–Trinajstić information content (AvgIpc) is 3.37. The largest absolute Gasteiger partial charge is 0.385 e. The van der Waals surface area contributed by atoms with Crippen LogP contribution in [0.15, 0.2) is 60.0 Å². The van der Waals surface area contributed by atoms with Crippen molar-refractivity contribution in [2.75, 3.05) is 43.4 Å². The van der Waals surface area contributed by atoms with E-state index in [9.17, 15) is 9.90 Å². The van der Waals surface area contributed by atoms with Crippen molar-refractivity contribution in [3.63, 3.8) is 0 Å². The molecule has 2 aromatic heterocycles. The fraction of sp³-hybridized carbons (Fsp3) is 0.367. The predicted molar refractivity (Wildman–Crippen MR) is 155 cm³/mol. The highest BCUT2D eigenvalue weighted by atomic mass is 16.3. The second kappa shape index (κ2) is 9.66. The molecule has 1 aliphatic heterocycles. The quantitative estimate of drug-likeness (QED) is 0.371. The molecule has 2 aliphatic rings. The fourth-order valence-corrected chi connectivity index (χ4v) is 5.83. The monoisotopic (exact) mass is 525 g/mol. The first kappa shape index (κ1) is 25.3. The van der Waals surface area contributed by atoms with Gasteiger partial charge in [-0.3, -0.25) is 4.79 Å². The Morgan fingerprint density at radius 1 is 1.15 bits per heavy atom. The van der Waals surface area contributed by atoms with Gasteiger partial charge in [0, 0.05) is 43.8 Å². The van der Waals surface area contributed by atoms with Crippen LogP contribution in [-0.2, 0) is 18.6 Å². The predicted octanol–water partition coefficient (Wildman–Crippen LogP) is 3.73. The lowest BCUT2D eigenvalue weighted by Gasteiger charge is -2.35. The van der Waals surface area contributed by atoms with Crippen molar-refractivity contribution in [2.45, 2.75) is 38.8 Å². The van der Waals surface area contributed by atoms with Crippen molar-refractivity contribution < 1.29 is 5.11 Å². The summed E-state index contributed by atoms with van der Waals surface area (Å²) in [4.78, 5) is 27.4. The third kappa shape index (κ3) is 4.51. The Morgan fingerprint density at radius 2 is 1.95 bits per heavy atom. The van der Waals surface area contributed by atoms with Gasteiger partial charge in [-0.25, -0.2) is 14.3 Å². The van der Waals surface area contributed by atoms with E-state index in [1.807, 2.05) is 35.9 Å². The molecule has 0 bridgehead atoms. The number of benzene rings is 2. The Morgan fingerprint density at radius 3 is 2.69 bits per heavy atom. The number of allylic oxidation sites excluding steroid dienone is 1. The minimum Gasteiger partial charge on any atom is -0.385 e. The first-order chi connectivity index (χ1) is 18.7. The molecule has 1 atom stereocenters. The van der Waals surface area contributed by atoms with Crippen LogP contribution in [0, 0.1) is 6.92 Å². The van der Waals surface area contributed by atoms with Crippen LogP contribution in [-0.4, -0.2) is 62.6 Å². The Balaban J connectivity index is 1.37. The standard InChI is InChI=1S/C30H35N7O2/c1-5-12-36-28(38)24-19-31-29(32-22-7-9-26(20(2)17-22)35-15-13-34(4)14-16-35)33-27(24)37(36)23-8-6-21-10-11-30(3,39)25(21)18-23/h5-9,17-19,39H,1,10-16H2,2-4H3,(H,31,32,33)/t30-/m1/s1. The molecule has 0 saturated carbocycles. The first-order valence-electron chi connectivity index (χ1n) is 13.5. The summed E-state index contributed by atoms with van der Waals surface area (Å²) in [6, 6.07) is 12.3. The van der Waals surface area contributed by atoms with Gasteiger partial charge in [-0.15, -0.1) is 6.58 Å². The van der Waals surface area contributed by atoms with E-state index in [1.165, 1.54) is 11.3 Å². The molecule has 39 heavy (non-hydrogen) atoms. The number of aliphatic hydroxyl groups is 1. The molecule has 2 aromatic carbocycles. The molecule has 0 radical (unpaired) electrons. The van der Waals surface area contributed by atoms with E-state index < -0.39 is 5.60 Å². The number of aromatic nitrogens is 4. The van der Waals surface area contributed by atoms with Crippen LogP contribution in [0.25, 0.3) is 16.7 Å². The number of aryl methyl sites for hydroxylation is 2. The lowest BCUT2D eigenvalue weighted by Crippen LogP contribution is -2.44. The molecule has 9 nitrogen and oxygen atoms in total. The molecule has 9 heteroatoms. The van der Waals surface area contributed by atoms with Crippen molar-refractivity contribution in [1.29, 1.82) is 0 Å². The van der Waals surface area contributed by atoms with Crippen LogP contribution in [0.2, 0.25) is 0 Å². The molecule has 1 saturated heterocycles. The molecule has 0 amide bonds. The van der Waals surface area contributed by atoms with Crippen molar-refractivity contribution >= 4 is 28.4 Å². The zero-order chi connectivity index (χ0) is 27.3. The summed E-state index contributed by atoms with van der Waals surface area (Å²) < 4.78 is 3.42. The van der Waals surface area contributed by atoms with Crippen molar-refractivity contribution in [1.82, 2.24) is 24.2 Å². The number of fused-ring (bicyclic) bond motifs is 2. The highest BCUT2D eigenvalue weighted by Crippen LogP contribution is 2.37. The summed E-state index contributed by atoms with van der Waals surface area (Å²) in [6.45, 7) is 12.3. The first-order valence-corrected chi connectivity index (χ1v) is 13.5. The van der Waals surface area contributed by atoms with Gasteiger partial charge in [-0.1, -0.05) is 12.1 Å². The minimum absolute atomic E-state index is 0.184. The zero-order valence-corrected chi connectivity index (χ0v) is 22.8. The van der Waals surface area contributed by atoms with Gasteiger partial charge >= 0.3 is 0 Å². The summed E-state index contributed by atoms with van der Waals surface area (Å²) in [7, 11) is 2.16. The van der Waals surface area contributed by atoms with Gasteiger partial charge in [-0.05, 0) is 80.8 Å². The SMILES string of the molecule is C=CCn1c(=O)c2cnc(Nc3ccc(N4CCN(C)CC4)c(C)c3)nc2n1-c1ccc2c(c1)[C@](C)(O)CC2. The molecule has 2 N–H and O–H groups in total. The topological polar surface area (TPSA) is 91.5 Å². The molecule has 1 fully saturated rings. The summed E-state index contributed by atoms with van der Waals surface area (Å²) in [6.07, 6.45) is 4.79. The summed E-state index contributed by atoms with van der Waals surface area (Å²) in [5.41, 5.74) is 5.53. The van der Waals surface area contributed by atoms with Crippen LogP contribution in [0.1, 0.15) is 30.0 Å². The lowest BCUT2D eigenvalue weighted by atomic mass is 9.98. The number of nitrogens with one attached hydrogen (secondary N) is 1. The van der Waals surface area contributed by atoms with Gasteiger partial charge in [-0.2, -0.15) is 4.98 Å². The molecule has 0 unspecified atom stereocenters. The number of anilines is 3. The average molecular weight is 526 g/mol. The van der Waals surface area contributed by atoms with Crippen LogP contribution in [0.5, 0.6) is 0 Å². The number of likely N-dealkylation sites (N-methyl/N-ethyl adjacent to an activating group) is 1. The van der Waals surface area contributed by atoms with E-state index >= 15 is 0 Å². The Hall–Kier alpha value is -3.95. The van der Waals surface area contributed by atoms with E-state index in [4.69, 9.17) is 4.98 Å². The smallest absolute Gasteiger partial charge is 0.278 e. The molecular weight excluding hydrogens is 490 g/mol. The molecule has 202 valence electrons. The van der Waals surface area contributed by atoms with Crippen molar-refractivity contribution in [3.05, 3.63) is 82.3 Å². The van der Waals surface area contributed by atoms with Crippen LogP contribution >= 0.6 is 0 Å². The molecule has 6 rings (SSSR count). The summed E-state index contributed by atoms with van der Waals surface area (Å²) in [5.74, 6) is 0.409. The third-order valence-electron chi connectivity index (χ3n) is 8.07. The maximum absolute atomic E-state index is 13.3. The maximum Gasteiger partial charge on any atom is 0.278 e. The summed E-state index contributed by atoms with van der Waals surface area (Å²) in [5, 5.41) is 14.7. The van der Waals surface area contributed by atoms with Crippen molar-refractivity contribution in [2.24, 2.45) is 0 Å². The molecule has 1 aliphatic carbocycles. The van der Waals surface area contributed by atoms with Crippen LogP contribution in [0.3, 0.4) is 0 Å². The van der Waals surface area contributed by atoms with Crippen molar-refractivity contribution in [3.8, 4) is 5.69 Å². The van der Waals surface area contributed by atoms with E-state index in [1.54, 1.807) is 17.0 Å². The number of piperazine rings is 1. The van der Waals surface area contributed by atoms with E-state index in [0.717, 1.165) is 55.1 Å². The lowest BCUT2D eigenvalue weighted by molar-refractivity contribution is 0.0594. The Bertz CT molecular complexity index is 1630. The van der Waals surface area contributed by atoms with E-state index in [-0.39, 0.29) is 5.56 Å². The summed E-state index contributed by atoms with van der Waals surface area (Å²) >= 11 is 0. The van der Waals surface area contributed by atoms with Gasteiger partial charge in [0.15, 0.2) is 5.65 Å². The van der Waals surface area contributed by atoms with Gasteiger partial charge in [0.05, 0.1) is 17.8 Å². The zero-order valence-electron chi connectivity index (χ0n) is 22.8. The fourth-order valence-electron chi connectivity index (χ4n) is 5.83. The third-order valence-corrected chi connectivity index (χ3v) is 8.07. The van der Waals surface area contributed by atoms with Crippen LogP contribution < -0.4 is 15.8 Å². The van der Waals surface area contributed by atoms with Crippen LogP contribution in [0.4, 0.5) is 17.3 Å². The number of nitrogens with zero attached hydrogens (tertiary/aromatic N) is 6. The maximum atomic E-state index is 13.3. The van der Waals surface area contributed by atoms with Gasteiger partial charge in [0.25, 0.3) is 5.56 Å². The molecule has 3 heterocycles. The van der Waals surface area contributed by atoms with Gasteiger partial charge in [0.1, 0.15) is 5.39 Å². The van der Waals surface area contributed by atoms with Gasteiger partial charge in [0.2, 0.25) is 5.95 Å². The second-order valence-corrected chi connectivity index (χ2v) is 11.0. The van der Waals surface area contributed by atoms with E-state index in [0.29, 0.717) is 29.9 Å². The van der Waals surface area contributed by atoms with E-state index in [2.05, 4.69) is 52.8 Å². The number of rotatable bonds is 6. The molecule has 0 spiro atoms. The highest BCUT2D eigenvalue weighted by molar-refractivity contribution is 5.77. The minimum atomic E-state index is -0.895. The molecule has 4 aromatic rings.